The van der Waals surface area contributed by atoms with Crippen molar-refractivity contribution in [2.45, 2.75) is 44.9 Å². The second-order valence-electron chi connectivity index (χ2n) is 17.7. The molecule has 2 aliphatic carbocycles. The van der Waals surface area contributed by atoms with Crippen molar-refractivity contribution in [2.24, 2.45) is 0 Å². The van der Waals surface area contributed by atoms with E-state index in [9.17, 15) is 0 Å². The number of para-hydroxylation sites is 2. The van der Waals surface area contributed by atoms with Crippen molar-refractivity contribution in [3.8, 4) is 33.4 Å². The van der Waals surface area contributed by atoms with E-state index in [1.165, 1.54) is 72.6 Å². The quantitative estimate of drug-likeness (QED) is 0.174. The fraction of sp³-hybridized carbons (Fsp3) is 0.143. The van der Waals surface area contributed by atoms with Gasteiger partial charge in [-0.15, -0.1) is 0 Å². The van der Waals surface area contributed by atoms with Crippen LogP contribution in [0.25, 0.3) is 55.3 Å². The molecule has 0 saturated carbocycles. The van der Waals surface area contributed by atoms with Crippen molar-refractivity contribution in [1.29, 1.82) is 0 Å². The van der Waals surface area contributed by atoms with E-state index in [1.807, 2.05) is 0 Å². The van der Waals surface area contributed by atoms with Crippen molar-refractivity contribution in [1.82, 2.24) is 0 Å². The number of nitrogens with zero attached hydrogens (tertiary/aromatic N) is 2. The maximum Gasteiger partial charge on any atom is 0.137 e. The van der Waals surface area contributed by atoms with Gasteiger partial charge >= 0.3 is 0 Å². The van der Waals surface area contributed by atoms with Gasteiger partial charge in [0, 0.05) is 62.5 Å². The van der Waals surface area contributed by atoms with E-state index >= 15 is 0 Å². The van der Waals surface area contributed by atoms with Crippen LogP contribution in [-0.4, -0.2) is 6.54 Å². The third-order valence-corrected chi connectivity index (χ3v) is 13.7. The van der Waals surface area contributed by atoms with Gasteiger partial charge in [0.05, 0.1) is 5.69 Å². The van der Waals surface area contributed by atoms with Crippen molar-refractivity contribution in [3.05, 3.63) is 198 Å². The number of fused-ring (bicyclic) bond motifs is 10. The highest BCUT2D eigenvalue weighted by Crippen LogP contribution is 2.56. The first-order chi connectivity index (χ1) is 28.8. The Labute approximate surface area is 345 Å². The summed E-state index contributed by atoms with van der Waals surface area (Å²) in [6.07, 6.45) is 1.00. The first-order valence-corrected chi connectivity index (χ1v) is 21.0. The minimum atomic E-state index is -0.177. The van der Waals surface area contributed by atoms with E-state index in [2.05, 4.69) is 207 Å². The fourth-order valence-corrected chi connectivity index (χ4v) is 10.7. The number of hydrogen-bond acceptors (Lipinski definition) is 3. The monoisotopic (exact) mass is 760 g/mol. The zero-order chi connectivity index (χ0) is 39.6. The Hall–Kier alpha value is -6.84. The molecule has 0 radical (unpaired) electrons. The van der Waals surface area contributed by atoms with Gasteiger partial charge in [-0.25, -0.2) is 0 Å². The second kappa shape index (κ2) is 12.3. The molecule has 0 spiro atoms. The molecule has 0 fully saturated rings. The largest absolute Gasteiger partial charge is 0.456 e. The molecule has 0 unspecified atom stereocenters. The molecule has 3 aliphatic rings. The predicted octanol–water partition coefficient (Wildman–Crippen LogP) is 15.0. The van der Waals surface area contributed by atoms with Crippen molar-refractivity contribution < 1.29 is 4.42 Å². The van der Waals surface area contributed by atoms with Crippen LogP contribution < -0.4 is 9.80 Å². The van der Waals surface area contributed by atoms with Gasteiger partial charge in [-0.2, -0.15) is 0 Å². The van der Waals surface area contributed by atoms with Crippen LogP contribution >= 0.6 is 0 Å². The second-order valence-corrected chi connectivity index (χ2v) is 17.7. The Morgan fingerprint density at radius 1 is 0.475 bits per heavy atom. The standard InChI is InChI=1S/C56H44N2O/c1-55(2)47-19-11-8-16-40(47)42-25-23-38(31-49(42)55)58(39-24-26-44-43-18-10-13-21-53(43)59-54(44)32-39)52-34-50-46(41-17-9-12-20-48(41)56(50,3)4)33-45(52)35-22-27-51-36(30-35)28-29-57(51)37-14-6-5-7-15-37/h5-27,30-34H,28-29H2,1-4H3. The lowest BCUT2D eigenvalue weighted by atomic mass is 9.81. The third-order valence-electron chi connectivity index (χ3n) is 13.7. The number of furan rings is 1. The summed E-state index contributed by atoms with van der Waals surface area (Å²) in [7, 11) is 0. The van der Waals surface area contributed by atoms with Crippen LogP contribution in [0, 0.1) is 0 Å². The smallest absolute Gasteiger partial charge is 0.137 e. The van der Waals surface area contributed by atoms with Crippen LogP contribution in [0.2, 0.25) is 0 Å². The summed E-state index contributed by atoms with van der Waals surface area (Å²) in [6, 6.07) is 63.1. The molecule has 2 heterocycles. The lowest BCUT2D eigenvalue weighted by molar-refractivity contribution is 0.660. The summed E-state index contributed by atoms with van der Waals surface area (Å²) < 4.78 is 6.59. The minimum absolute atomic E-state index is 0.148. The Morgan fingerprint density at radius 2 is 1.10 bits per heavy atom. The fourth-order valence-electron chi connectivity index (χ4n) is 10.7. The average molecular weight is 761 g/mol. The van der Waals surface area contributed by atoms with Crippen LogP contribution in [-0.2, 0) is 17.3 Å². The summed E-state index contributed by atoms with van der Waals surface area (Å²) >= 11 is 0. The molecule has 0 saturated heterocycles. The van der Waals surface area contributed by atoms with Gasteiger partial charge in [0.1, 0.15) is 11.2 Å². The van der Waals surface area contributed by atoms with E-state index in [0.717, 1.165) is 52.0 Å². The summed E-state index contributed by atoms with van der Waals surface area (Å²) in [6.45, 7) is 10.5. The van der Waals surface area contributed by atoms with Crippen molar-refractivity contribution in [2.75, 3.05) is 16.3 Å². The van der Waals surface area contributed by atoms with Crippen LogP contribution in [0.15, 0.2) is 174 Å². The van der Waals surface area contributed by atoms with Gasteiger partial charge in [-0.1, -0.05) is 125 Å². The van der Waals surface area contributed by atoms with Crippen molar-refractivity contribution in [3.63, 3.8) is 0 Å². The summed E-state index contributed by atoms with van der Waals surface area (Å²) in [5.41, 5.74) is 21.9. The van der Waals surface area contributed by atoms with Crippen LogP contribution in [0.5, 0.6) is 0 Å². The van der Waals surface area contributed by atoms with Gasteiger partial charge in [-0.05, 0) is 129 Å². The molecule has 9 aromatic rings. The zero-order valence-corrected chi connectivity index (χ0v) is 33.9. The highest BCUT2D eigenvalue weighted by Gasteiger charge is 2.39. The maximum atomic E-state index is 6.59. The van der Waals surface area contributed by atoms with Gasteiger partial charge in [0.25, 0.3) is 0 Å². The molecule has 0 N–H and O–H groups in total. The molecule has 0 bridgehead atoms. The molecule has 1 aliphatic heterocycles. The number of benzene rings is 8. The van der Waals surface area contributed by atoms with Gasteiger partial charge in [-0.3, -0.25) is 0 Å². The molecule has 3 heteroatoms. The summed E-state index contributed by atoms with van der Waals surface area (Å²) in [4.78, 5) is 4.96. The number of hydrogen-bond donors (Lipinski definition) is 0. The molecular formula is C56H44N2O. The van der Waals surface area contributed by atoms with Crippen LogP contribution in [0.4, 0.5) is 28.4 Å². The van der Waals surface area contributed by atoms with E-state index in [0.29, 0.717) is 0 Å². The van der Waals surface area contributed by atoms with E-state index in [4.69, 9.17) is 4.42 Å². The lowest BCUT2D eigenvalue weighted by Gasteiger charge is -2.31. The number of anilines is 5. The Morgan fingerprint density at radius 3 is 1.90 bits per heavy atom. The van der Waals surface area contributed by atoms with E-state index in [1.54, 1.807) is 0 Å². The Kier molecular flexibility index (Phi) is 7.15. The number of rotatable bonds is 5. The molecule has 0 atom stereocenters. The van der Waals surface area contributed by atoms with Gasteiger partial charge < -0.3 is 14.2 Å². The Balaban J connectivity index is 1.12. The molecular weight excluding hydrogens is 717 g/mol. The van der Waals surface area contributed by atoms with Crippen molar-refractivity contribution >= 4 is 50.4 Å². The molecule has 59 heavy (non-hydrogen) atoms. The molecule has 3 nitrogen and oxygen atoms in total. The first-order valence-electron chi connectivity index (χ1n) is 21.0. The average Bonchev–Trinajstić information content (AvgIpc) is 3.98. The normalized spacial score (nSPS) is 15.2. The van der Waals surface area contributed by atoms with Gasteiger partial charge in [0.2, 0.25) is 0 Å². The van der Waals surface area contributed by atoms with Crippen LogP contribution in [0.1, 0.15) is 55.5 Å². The SMILES string of the molecule is CC1(C)c2ccccc2-c2ccc(N(c3ccc4c(c3)oc3ccccc34)c3cc4c(cc3-c3ccc5c(c3)CCN5c3ccccc3)-c3ccccc3C4(C)C)cc21. The maximum absolute atomic E-state index is 6.59. The molecule has 8 aromatic carbocycles. The van der Waals surface area contributed by atoms with E-state index < -0.39 is 0 Å². The van der Waals surface area contributed by atoms with E-state index in [-0.39, 0.29) is 10.8 Å². The topological polar surface area (TPSA) is 19.6 Å². The first kappa shape index (κ1) is 34.2. The minimum Gasteiger partial charge on any atom is -0.456 e. The van der Waals surface area contributed by atoms with Crippen LogP contribution in [0.3, 0.4) is 0 Å². The molecule has 1 aromatic heterocycles. The molecule has 12 rings (SSSR count). The highest BCUT2D eigenvalue weighted by atomic mass is 16.3. The summed E-state index contributed by atoms with van der Waals surface area (Å²) in [5, 5.41) is 2.26. The Bertz CT molecular complexity index is 3190. The highest BCUT2D eigenvalue weighted by molar-refractivity contribution is 6.06. The lowest BCUT2D eigenvalue weighted by Crippen LogP contribution is -2.18. The molecule has 284 valence electrons. The summed E-state index contributed by atoms with van der Waals surface area (Å²) in [5.74, 6) is 0. The third kappa shape index (κ3) is 4.94. The van der Waals surface area contributed by atoms with Gasteiger partial charge in [0.15, 0.2) is 0 Å². The molecule has 0 amide bonds. The predicted molar refractivity (Wildman–Crippen MR) is 246 cm³/mol. The zero-order valence-electron chi connectivity index (χ0n) is 33.9.